The van der Waals surface area contributed by atoms with Crippen LogP contribution in [0.5, 0.6) is 0 Å². The molecule has 0 amide bonds. The third kappa shape index (κ3) is 2.92. The van der Waals surface area contributed by atoms with Gasteiger partial charge in [0, 0.05) is 18.0 Å². The monoisotopic (exact) mass is 260 g/mol. The maximum Gasteiger partial charge on any atom is 0.284 e. The Balaban J connectivity index is 2.18. The number of allylic oxidation sites excluding steroid dienone is 4. The fraction of sp³-hybridized carbons (Fsp3) is 0. The van der Waals surface area contributed by atoms with E-state index in [1.165, 1.54) is 18.2 Å². The summed E-state index contributed by atoms with van der Waals surface area (Å²) >= 11 is 1.02. The number of benzene rings is 1. The van der Waals surface area contributed by atoms with E-state index in [2.05, 4.69) is 4.40 Å². The number of rotatable bonds is 3. The molecule has 1 aliphatic carbocycles. The molecular formula is C12H8N2O3S. The molecule has 18 heavy (non-hydrogen) atoms. The zero-order valence-electron chi connectivity index (χ0n) is 9.15. The summed E-state index contributed by atoms with van der Waals surface area (Å²) in [5, 5.41) is 10.8. The molecule has 1 aromatic rings. The Morgan fingerprint density at radius 1 is 1.11 bits per heavy atom. The minimum atomic E-state index is -0.446. The predicted molar refractivity (Wildman–Crippen MR) is 69.7 cm³/mol. The minimum Gasteiger partial charge on any atom is -0.290 e. The van der Waals surface area contributed by atoms with Gasteiger partial charge in [0.1, 0.15) is 4.90 Å². The summed E-state index contributed by atoms with van der Waals surface area (Å²) < 4.78 is 4.13. The Hall–Kier alpha value is -2.21. The maximum atomic E-state index is 10.9. The summed E-state index contributed by atoms with van der Waals surface area (Å²) in [6.45, 7) is 0. The van der Waals surface area contributed by atoms with Gasteiger partial charge in [0.05, 0.1) is 10.6 Å². The van der Waals surface area contributed by atoms with Crippen LogP contribution in [0.3, 0.4) is 0 Å². The molecule has 0 aromatic heterocycles. The topological polar surface area (TPSA) is 72.6 Å². The van der Waals surface area contributed by atoms with Crippen LogP contribution >= 0.6 is 11.9 Å². The molecule has 0 atom stereocenters. The molecule has 5 nitrogen and oxygen atoms in total. The van der Waals surface area contributed by atoms with Gasteiger partial charge in [-0.05, 0) is 30.4 Å². The van der Waals surface area contributed by atoms with Crippen molar-refractivity contribution in [1.82, 2.24) is 0 Å². The van der Waals surface area contributed by atoms with Crippen LogP contribution in [0.25, 0.3) is 0 Å². The van der Waals surface area contributed by atoms with Crippen LogP contribution in [0, 0.1) is 10.1 Å². The van der Waals surface area contributed by atoms with Crippen LogP contribution in [-0.2, 0) is 4.79 Å². The molecule has 90 valence electrons. The summed E-state index contributed by atoms with van der Waals surface area (Å²) in [4.78, 5) is 21.7. The molecule has 0 spiro atoms. The number of carbonyl (C=O) groups excluding carboxylic acids is 1. The highest BCUT2D eigenvalue weighted by Gasteiger charge is 2.12. The highest BCUT2D eigenvalue weighted by atomic mass is 32.2. The van der Waals surface area contributed by atoms with E-state index in [0.717, 1.165) is 11.9 Å². The van der Waals surface area contributed by atoms with Crippen molar-refractivity contribution in [2.45, 2.75) is 4.90 Å². The number of hydrogen-bond donors (Lipinski definition) is 0. The number of para-hydroxylation sites is 1. The van der Waals surface area contributed by atoms with E-state index in [0.29, 0.717) is 10.6 Å². The number of ketones is 1. The van der Waals surface area contributed by atoms with Gasteiger partial charge in [0.25, 0.3) is 5.69 Å². The molecule has 0 N–H and O–H groups in total. The van der Waals surface area contributed by atoms with Gasteiger partial charge in [0.15, 0.2) is 5.78 Å². The molecule has 0 aliphatic heterocycles. The number of nitro benzene ring substituents is 1. The molecular weight excluding hydrogens is 252 g/mol. The average Bonchev–Trinajstić information content (AvgIpc) is 2.38. The summed E-state index contributed by atoms with van der Waals surface area (Å²) in [5.74, 6) is -0.0929. The lowest BCUT2D eigenvalue weighted by Crippen LogP contribution is -1.98. The van der Waals surface area contributed by atoms with Crippen LogP contribution in [-0.4, -0.2) is 16.4 Å². The van der Waals surface area contributed by atoms with Gasteiger partial charge in [-0.25, -0.2) is 4.40 Å². The molecule has 6 heteroatoms. The van der Waals surface area contributed by atoms with E-state index in [-0.39, 0.29) is 11.5 Å². The first-order valence-corrected chi connectivity index (χ1v) is 5.83. The molecule has 0 radical (unpaired) electrons. The lowest BCUT2D eigenvalue weighted by Gasteiger charge is -2.00. The first-order valence-electron chi connectivity index (χ1n) is 5.05. The Kier molecular flexibility index (Phi) is 3.69. The average molecular weight is 260 g/mol. The Morgan fingerprint density at radius 2 is 1.78 bits per heavy atom. The maximum absolute atomic E-state index is 10.9. The van der Waals surface area contributed by atoms with Crippen LogP contribution in [0.4, 0.5) is 5.69 Å². The van der Waals surface area contributed by atoms with Gasteiger partial charge in [-0.3, -0.25) is 14.9 Å². The van der Waals surface area contributed by atoms with Gasteiger partial charge in [-0.1, -0.05) is 12.1 Å². The van der Waals surface area contributed by atoms with Crippen molar-refractivity contribution in [2.24, 2.45) is 4.40 Å². The van der Waals surface area contributed by atoms with E-state index in [9.17, 15) is 14.9 Å². The summed E-state index contributed by atoms with van der Waals surface area (Å²) in [7, 11) is 0. The number of hydrogen-bond acceptors (Lipinski definition) is 5. The van der Waals surface area contributed by atoms with Gasteiger partial charge < -0.3 is 0 Å². The van der Waals surface area contributed by atoms with Gasteiger partial charge in [-0.15, -0.1) is 0 Å². The molecule has 0 saturated carbocycles. The smallest absolute Gasteiger partial charge is 0.284 e. The number of nitrogens with zero attached hydrogens (tertiary/aromatic N) is 2. The van der Waals surface area contributed by atoms with Crippen LogP contribution in [0.1, 0.15) is 0 Å². The third-order valence-electron chi connectivity index (χ3n) is 2.15. The highest BCUT2D eigenvalue weighted by molar-refractivity contribution is 7.98. The van der Waals surface area contributed by atoms with Gasteiger partial charge in [0.2, 0.25) is 0 Å². The van der Waals surface area contributed by atoms with Crippen molar-refractivity contribution in [3.8, 4) is 0 Å². The molecule has 2 rings (SSSR count). The SMILES string of the molecule is O=C1C=CC(=NSc2ccccc2[N+](=O)[O-])C=C1. The molecule has 1 aliphatic rings. The van der Waals surface area contributed by atoms with E-state index in [4.69, 9.17) is 0 Å². The lowest BCUT2D eigenvalue weighted by molar-refractivity contribution is -0.387. The molecule has 0 saturated heterocycles. The number of carbonyl (C=O) groups is 1. The normalized spacial score (nSPS) is 13.8. The fourth-order valence-electron chi connectivity index (χ4n) is 1.29. The second-order valence-corrected chi connectivity index (χ2v) is 4.21. The zero-order valence-corrected chi connectivity index (χ0v) is 9.96. The van der Waals surface area contributed by atoms with E-state index < -0.39 is 4.92 Å². The van der Waals surface area contributed by atoms with E-state index in [1.54, 1.807) is 30.4 Å². The highest BCUT2D eigenvalue weighted by Crippen LogP contribution is 2.29. The van der Waals surface area contributed by atoms with Crippen LogP contribution in [0.15, 0.2) is 57.9 Å². The lowest BCUT2D eigenvalue weighted by atomic mass is 10.2. The summed E-state index contributed by atoms with van der Waals surface area (Å²) in [6, 6.07) is 6.38. The van der Waals surface area contributed by atoms with Crippen molar-refractivity contribution in [1.29, 1.82) is 0 Å². The Morgan fingerprint density at radius 3 is 2.44 bits per heavy atom. The third-order valence-corrected chi connectivity index (χ3v) is 2.99. The van der Waals surface area contributed by atoms with Crippen molar-refractivity contribution in [2.75, 3.05) is 0 Å². The Labute approximate surface area is 107 Å². The van der Waals surface area contributed by atoms with E-state index in [1.807, 2.05) is 0 Å². The first-order chi connectivity index (χ1) is 8.66. The molecule has 0 bridgehead atoms. The van der Waals surface area contributed by atoms with E-state index >= 15 is 0 Å². The summed E-state index contributed by atoms with van der Waals surface area (Å²) in [5.41, 5.74) is 0.615. The fourth-order valence-corrected chi connectivity index (χ4v) is 2.00. The minimum absolute atomic E-state index is 0.0201. The molecule has 0 fully saturated rings. The van der Waals surface area contributed by atoms with Gasteiger partial charge in [-0.2, -0.15) is 0 Å². The van der Waals surface area contributed by atoms with Crippen molar-refractivity contribution in [3.63, 3.8) is 0 Å². The van der Waals surface area contributed by atoms with Crippen molar-refractivity contribution >= 4 is 29.1 Å². The predicted octanol–water partition coefficient (Wildman–Crippen LogP) is 2.74. The Bertz CT molecular complexity index is 573. The molecule has 0 heterocycles. The first kappa shape index (κ1) is 12.3. The zero-order chi connectivity index (χ0) is 13.0. The largest absolute Gasteiger partial charge is 0.290 e. The second-order valence-electron chi connectivity index (χ2n) is 3.40. The number of nitro groups is 1. The van der Waals surface area contributed by atoms with Crippen molar-refractivity contribution in [3.05, 3.63) is 58.7 Å². The van der Waals surface area contributed by atoms with Crippen LogP contribution < -0.4 is 0 Å². The van der Waals surface area contributed by atoms with Crippen LogP contribution in [0.2, 0.25) is 0 Å². The quantitative estimate of drug-likeness (QED) is 0.362. The molecule has 0 unspecified atom stereocenters. The second kappa shape index (κ2) is 5.42. The van der Waals surface area contributed by atoms with Crippen molar-refractivity contribution < 1.29 is 9.72 Å². The van der Waals surface area contributed by atoms with Gasteiger partial charge >= 0.3 is 0 Å². The molecule has 1 aromatic carbocycles. The summed E-state index contributed by atoms with van der Waals surface area (Å²) in [6.07, 6.45) is 5.95. The standard InChI is InChI=1S/C12H8N2O3S/c15-10-7-5-9(6-8-10)13-18-12-4-2-1-3-11(12)14(16)17/h1-8H.